The van der Waals surface area contributed by atoms with Gasteiger partial charge >= 0.3 is 0 Å². The summed E-state index contributed by atoms with van der Waals surface area (Å²) in [4.78, 5) is 0. The highest BCUT2D eigenvalue weighted by atomic mass is 16.5. The quantitative estimate of drug-likeness (QED) is 0.909. The Kier molecular flexibility index (Phi) is 4.97. The van der Waals surface area contributed by atoms with Crippen LogP contribution in [0.5, 0.6) is 5.75 Å². The molecular weight excluding hydrogens is 260 g/mol. The number of benzene rings is 2. The lowest BCUT2D eigenvalue weighted by molar-refractivity contribution is 0.416. The predicted molar refractivity (Wildman–Crippen MR) is 85.3 cm³/mol. The molecule has 0 radical (unpaired) electrons. The van der Waals surface area contributed by atoms with Gasteiger partial charge in [-0.3, -0.25) is 0 Å². The van der Waals surface area contributed by atoms with Gasteiger partial charge in [-0.05, 0) is 42.8 Å². The van der Waals surface area contributed by atoms with Crippen LogP contribution in [-0.2, 0) is 6.54 Å². The Morgan fingerprint density at radius 1 is 1.14 bits per heavy atom. The van der Waals surface area contributed by atoms with Crippen molar-refractivity contribution in [2.45, 2.75) is 20.4 Å². The first kappa shape index (κ1) is 15.1. The van der Waals surface area contributed by atoms with Crippen LogP contribution in [0.15, 0.2) is 36.4 Å². The molecule has 3 heteroatoms. The van der Waals surface area contributed by atoms with Gasteiger partial charge in [-0.15, -0.1) is 0 Å². The second-order valence-electron chi connectivity index (χ2n) is 4.97. The van der Waals surface area contributed by atoms with Crippen molar-refractivity contribution in [1.29, 1.82) is 5.26 Å². The Morgan fingerprint density at radius 3 is 2.62 bits per heavy atom. The molecule has 2 rings (SSSR count). The van der Waals surface area contributed by atoms with Crippen LogP contribution in [0.4, 0.5) is 0 Å². The minimum absolute atomic E-state index is 0.640. The average molecular weight is 280 g/mol. The predicted octanol–water partition coefficient (Wildman–Crippen LogP) is 3.65. The lowest BCUT2D eigenvalue weighted by Crippen LogP contribution is -2.12. The molecule has 0 aromatic heterocycles. The van der Waals surface area contributed by atoms with Crippen molar-refractivity contribution >= 4 is 0 Å². The number of methoxy groups -OCH3 is 1. The highest BCUT2D eigenvalue weighted by molar-refractivity contribution is 5.75. The number of hydrogen-bond donors (Lipinski definition) is 1. The molecule has 0 aliphatic rings. The summed E-state index contributed by atoms with van der Waals surface area (Å²) in [5.74, 6) is 0.789. The SMILES string of the molecule is CCNCc1ccc(C)cc1-c1cc(C#N)ccc1OC. The van der Waals surface area contributed by atoms with E-state index < -0.39 is 0 Å². The van der Waals surface area contributed by atoms with Crippen LogP contribution in [-0.4, -0.2) is 13.7 Å². The van der Waals surface area contributed by atoms with Gasteiger partial charge in [0.15, 0.2) is 0 Å². The summed E-state index contributed by atoms with van der Waals surface area (Å²) in [7, 11) is 1.66. The monoisotopic (exact) mass is 280 g/mol. The summed E-state index contributed by atoms with van der Waals surface area (Å²) in [6, 6.07) is 14.1. The van der Waals surface area contributed by atoms with Crippen molar-refractivity contribution in [3.8, 4) is 22.9 Å². The third-order valence-corrected chi connectivity index (χ3v) is 3.45. The minimum Gasteiger partial charge on any atom is -0.496 e. The first-order chi connectivity index (χ1) is 10.2. The first-order valence-electron chi connectivity index (χ1n) is 7.08. The fourth-order valence-corrected chi connectivity index (χ4v) is 2.34. The van der Waals surface area contributed by atoms with Gasteiger partial charge in [0.25, 0.3) is 0 Å². The van der Waals surface area contributed by atoms with Gasteiger partial charge in [0, 0.05) is 12.1 Å². The Bertz CT molecular complexity index is 671. The van der Waals surface area contributed by atoms with E-state index in [0.717, 1.165) is 30.0 Å². The Balaban J connectivity index is 2.59. The Labute approximate surface area is 126 Å². The van der Waals surface area contributed by atoms with Crippen molar-refractivity contribution in [3.05, 3.63) is 53.1 Å². The highest BCUT2D eigenvalue weighted by Crippen LogP contribution is 2.34. The van der Waals surface area contributed by atoms with E-state index >= 15 is 0 Å². The molecule has 0 heterocycles. The van der Waals surface area contributed by atoms with E-state index in [1.54, 1.807) is 13.2 Å². The molecule has 21 heavy (non-hydrogen) atoms. The number of nitrogens with one attached hydrogen (secondary N) is 1. The maximum Gasteiger partial charge on any atom is 0.126 e. The molecule has 0 atom stereocenters. The summed E-state index contributed by atoms with van der Waals surface area (Å²) in [6.07, 6.45) is 0. The van der Waals surface area contributed by atoms with Crippen LogP contribution in [0.3, 0.4) is 0 Å². The smallest absolute Gasteiger partial charge is 0.126 e. The molecule has 0 saturated heterocycles. The summed E-state index contributed by atoms with van der Waals surface area (Å²) in [5.41, 5.74) is 5.12. The van der Waals surface area contributed by atoms with Gasteiger partial charge < -0.3 is 10.1 Å². The molecule has 0 unspecified atom stereocenters. The van der Waals surface area contributed by atoms with E-state index in [1.807, 2.05) is 12.1 Å². The standard InChI is InChI=1S/C18H20N2O/c1-4-20-12-15-7-5-13(2)9-16(15)17-10-14(11-19)6-8-18(17)21-3/h5-10,20H,4,12H2,1-3H3. The number of aryl methyl sites for hydroxylation is 1. The largest absolute Gasteiger partial charge is 0.496 e. The molecule has 0 fully saturated rings. The van der Waals surface area contributed by atoms with E-state index in [-0.39, 0.29) is 0 Å². The van der Waals surface area contributed by atoms with Crippen molar-refractivity contribution < 1.29 is 4.74 Å². The van der Waals surface area contributed by atoms with Crippen molar-refractivity contribution in [3.63, 3.8) is 0 Å². The summed E-state index contributed by atoms with van der Waals surface area (Å²) < 4.78 is 5.47. The van der Waals surface area contributed by atoms with Crippen molar-refractivity contribution in [2.75, 3.05) is 13.7 Å². The minimum atomic E-state index is 0.640. The Hall–Kier alpha value is -2.31. The van der Waals surface area contributed by atoms with E-state index in [1.165, 1.54) is 11.1 Å². The van der Waals surface area contributed by atoms with Crippen molar-refractivity contribution in [1.82, 2.24) is 5.32 Å². The Morgan fingerprint density at radius 2 is 1.95 bits per heavy atom. The van der Waals surface area contributed by atoms with Gasteiger partial charge in [0.2, 0.25) is 0 Å². The van der Waals surface area contributed by atoms with Gasteiger partial charge in [0.1, 0.15) is 5.75 Å². The molecule has 108 valence electrons. The molecule has 0 spiro atoms. The van der Waals surface area contributed by atoms with Crippen LogP contribution < -0.4 is 10.1 Å². The zero-order valence-corrected chi connectivity index (χ0v) is 12.7. The van der Waals surface area contributed by atoms with Gasteiger partial charge in [-0.25, -0.2) is 0 Å². The zero-order valence-electron chi connectivity index (χ0n) is 12.7. The number of hydrogen-bond acceptors (Lipinski definition) is 3. The molecule has 0 bridgehead atoms. The third-order valence-electron chi connectivity index (χ3n) is 3.45. The van der Waals surface area contributed by atoms with E-state index in [4.69, 9.17) is 10.00 Å². The molecule has 2 aromatic rings. The maximum absolute atomic E-state index is 9.13. The zero-order chi connectivity index (χ0) is 15.2. The molecule has 0 amide bonds. The summed E-state index contributed by atoms with van der Waals surface area (Å²) >= 11 is 0. The second-order valence-corrected chi connectivity index (χ2v) is 4.97. The maximum atomic E-state index is 9.13. The topological polar surface area (TPSA) is 45.0 Å². The summed E-state index contributed by atoms with van der Waals surface area (Å²) in [5, 5.41) is 12.5. The number of ether oxygens (including phenoxy) is 1. The van der Waals surface area contributed by atoms with E-state index in [9.17, 15) is 0 Å². The van der Waals surface area contributed by atoms with E-state index in [0.29, 0.717) is 5.56 Å². The van der Waals surface area contributed by atoms with Gasteiger partial charge in [0.05, 0.1) is 18.7 Å². The second kappa shape index (κ2) is 6.92. The van der Waals surface area contributed by atoms with Gasteiger partial charge in [-0.1, -0.05) is 30.7 Å². The molecule has 2 aromatic carbocycles. The number of rotatable bonds is 5. The fraction of sp³-hybridized carbons (Fsp3) is 0.278. The lowest BCUT2D eigenvalue weighted by Gasteiger charge is -2.15. The fourth-order valence-electron chi connectivity index (χ4n) is 2.34. The normalized spacial score (nSPS) is 10.2. The molecule has 1 N–H and O–H groups in total. The lowest BCUT2D eigenvalue weighted by atomic mass is 9.95. The van der Waals surface area contributed by atoms with Crippen LogP contribution in [0.1, 0.15) is 23.6 Å². The number of nitriles is 1. The highest BCUT2D eigenvalue weighted by Gasteiger charge is 2.11. The van der Waals surface area contributed by atoms with Crippen LogP contribution >= 0.6 is 0 Å². The third kappa shape index (κ3) is 3.42. The van der Waals surface area contributed by atoms with Gasteiger partial charge in [-0.2, -0.15) is 5.26 Å². The van der Waals surface area contributed by atoms with Crippen LogP contribution in [0.2, 0.25) is 0 Å². The van der Waals surface area contributed by atoms with Crippen molar-refractivity contribution in [2.24, 2.45) is 0 Å². The number of nitrogens with zero attached hydrogens (tertiary/aromatic N) is 1. The molecule has 0 aliphatic carbocycles. The average Bonchev–Trinajstić information content (AvgIpc) is 2.53. The van der Waals surface area contributed by atoms with Crippen LogP contribution in [0.25, 0.3) is 11.1 Å². The molecule has 0 aliphatic heterocycles. The van der Waals surface area contributed by atoms with E-state index in [2.05, 4.69) is 43.4 Å². The van der Waals surface area contributed by atoms with Crippen LogP contribution in [0, 0.1) is 18.3 Å². The molecular formula is C18H20N2O. The first-order valence-corrected chi connectivity index (χ1v) is 7.08. The summed E-state index contributed by atoms with van der Waals surface area (Å²) in [6.45, 7) is 5.88. The molecule has 3 nitrogen and oxygen atoms in total. The molecule has 0 saturated carbocycles.